The Bertz CT molecular complexity index is 1210. The first-order valence-corrected chi connectivity index (χ1v) is 9.92. The third-order valence-corrected chi connectivity index (χ3v) is 5.34. The number of nitrogens with zero attached hydrogens (tertiary/aromatic N) is 5. The summed E-state index contributed by atoms with van der Waals surface area (Å²) in [6, 6.07) is 12.6. The van der Waals surface area contributed by atoms with Crippen LogP contribution < -0.4 is 10.6 Å². The van der Waals surface area contributed by atoms with E-state index in [-0.39, 0.29) is 0 Å². The van der Waals surface area contributed by atoms with Crippen LogP contribution in [0.15, 0.2) is 41.9 Å². The molecule has 0 atom stereocenters. The smallest absolute Gasteiger partial charge is 0.178 e. The molecule has 0 spiro atoms. The number of benzene rings is 1. The number of fused-ring (bicyclic) bond motifs is 1. The van der Waals surface area contributed by atoms with Crippen LogP contribution in [0.25, 0.3) is 16.9 Å². The zero-order chi connectivity index (χ0) is 19.1. The highest BCUT2D eigenvalue weighted by Crippen LogP contribution is 2.30. The van der Waals surface area contributed by atoms with E-state index in [1.54, 1.807) is 22.0 Å². The largest absolute Gasteiger partial charge is 0.379 e. The summed E-state index contributed by atoms with van der Waals surface area (Å²) in [6.07, 6.45) is 3.85. The average Bonchev–Trinajstić information content (AvgIpc) is 3.24. The van der Waals surface area contributed by atoms with E-state index in [9.17, 15) is 5.26 Å². The van der Waals surface area contributed by atoms with Gasteiger partial charge in [0.2, 0.25) is 0 Å². The topological polar surface area (TPSA) is 90.9 Å². The number of anilines is 3. The number of hydrogen-bond acceptors (Lipinski definition) is 7. The summed E-state index contributed by atoms with van der Waals surface area (Å²) in [5, 5.41) is 23.9. The molecule has 8 heteroatoms. The van der Waals surface area contributed by atoms with Crippen molar-refractivity contribution in [3.63, 3.8) is 0 Å². The van der Waals surface area contributed by atoms with Crippen LogP contribution >= 0.6 is 11.3 Å². The SMILES string of the molecule is Cc1nc(-c2cccc(Nc3cc(NC4CC4)c4ncc(C#N)n4n3)c2)cs1. The first-order valence-electron chi connectivity index (χ1n) is 9.04. The molecule has 4 aromatic rings. The van der Waals surface area contributed by atoms with E-state index in [0.717, 1.165) is 40.5 Å². The Morgan fingerprint density at radius 1 is 1.29 bits per heavy atom. The van der Waals surface area contributed by atoms with Gasteiger partial charge in [-0.05, 0) is 31.9 Å². The summed E-state index contributed by atoms with van der Waals surface area (Å²) in [7, 11) is 0. The van der Waals surface area contributed by atoms with Gasteiger partial charge in [0, 0.05) is 28.7 Å². The van der Waals surface area contributed by atoms with Crippen molar-refractivity contribution in [2.75, 3.05) is 10.6 Å². The lowest BCUT2D eigenvalue weighted by atomic mass is 10.1. The van der Waals surface area contributed by atoms with Crippen LogP contribution in [0.1, 0.15) is 23.5 Å². The van der Waals surface area contributed by atoms with Gasteiger partial charge in [-0.25, -0.2) is 9.97 Å². The number of nitrogens with one attached hydrogen (secondary N) is 2. The van der Waals surface area contributed by atoms with Crippen molar-refractivity contribution in [3.05, 3.63) is 52.6 Å². The molecule has 0 saturated heterocycles. The number of thiazole rings is 1. The molecule has 1 aromatic carbocycles. The van der Waals surface area contributed by atoms with Gasteiger partial charge in [0.15, 0.2) is 17.2 Å². The van der Waals surface area contributed by atoms with E-state index >= 15 is 0 Å². The van der Waals surface area contributed by atoms with Crippen LogP contribution in [0.4, 0.5) is 17.2 Å². The van der Waals surface area contributed by atoms with E-state index in [2.05, 4.69) is 37.1 Å². The Kier molecular flexibility index (Phi) is 3.95. The third-order valence-electron chi connectivity index (χ3n) is 4.57. The first kappa shape index (κ1) is 16.7. The Morgan fingerprint density at radius 3 is 2.93 bits per heavy atom. The Hall–Kier alpha value is -3.44. The molecule has 0 bridgehead atoms. The fourth-order valence-corrected chi connectivity index (χ4v) is 3.68. The minimum Gasteiger partial charge on any atom is -0.379 e. The molecule has 0 radical (unpaired) electrons. The monoisotopic (exact) mass is 387 g/mol. The number of aryl methyl sites for hydroxylation is 1. The maximum Gasteiger partial charge on any atom is 0.178 e. The van der Waals surface area contributed by atoms with Crippen LogP contribution in [-0.4, -0.2) is 25.6 Å². The highest BCUT2D eigenvalue weighted by molar-refractivity contribution is 7.09. The van der Waals surface area contributed by atoms with Crippen molar-refractivity contribution in [1.29, 1.82) is 5.26 Å². The molecule has 3 aromatic heterocycles. The fraction of sp³-hybridized carbons (Fsp3) is 0.200. The van der Waals surface area contributed by atoms with Crippen LogP contribution in [-0.2, 0) is 0 Å². The Morgan fingerprint density at radius 2 is 2.18 bits per heavy atom. The quantitative estimate of drug-likeness (QED) is 0.529. The molecule has 1 aliphatic carbocycles. The fourth-order valence-electron chi connectivity index (χ4n) is 3.06. The number of rotatable bonds is 5. The summed E-state index contributed by atoms with van der Waals surface area (Å²) in [6.45, 7) is 2.00. The lowest BCUT2D eigenvalue weighted by Crippen LogP contribution is -2.07. The van der Waals surface area contributed by atoms with Gasteiger partial charge in [0.25, 0.3) is 0 Å². The molecule has 1 saturated carbocycles. The maximum atomic E-state index is 9.36. The van der Waals surface area contributed by atoms with Gasteiger partial charge in [0.05, 0.1) is 22.6 Å². The molecule has 0 unspecified atom stereocenters. The zero-order valence-electron chi connectivity index (χ0n) is 15.2. The Labute approximate surface area is 165 Å². The highest BCUT2D eigenvalue weighted by atomic mass is 32.1. The molecule has 2 N–H and O–H groups in total. The predicted molar refractivity (Wildman–Crippen MR) is 110 cm³/mol. The van der Waals surface area contributed by atoms with Crippen molar-refractivity contribution < 1.29 is 0 Å². The minimum atomic E-state index is 0.407. The molecule has 0 aliphatic heterocycles. The lowest BCUT2D eigenvalue weighted by Gasteiger charge is -2.11. The molecular weight excluding hydrogens is 370 g/mol. The molecule has 28 heavy (non-hydrogen) atoms. The lowest BCUT2D eigenvalue weighted by molar-refractivity contribution is 0.924. The number of hydrogen-bond donors (Lipinski definition) is 2. The predicted octanol–water partition coefficient (Wildman–Crippen LogP) is 4.35. The molecule has 1 aliphatic rings. The molecule has 0 amide bonds. The van der Waals surface area contributed by atoms with Crippen LogP contribution in [0.5, 0.6) is 0 Å². The van der Waals surface area contributed by atoms with Crippen LogP contribution in [0.2, 0.25) is 0 Å². The zero-order valence-corrected chi connectivity index (χ0v) is 16.0. The normalized spacial score (nSPS) is 13.4. The molecule has 5 rings (SSSR count). The van der Waals surface area contributed by atoms with E-state index in [0.29, 0.717) is 23.2 Å². The van der Waals surface area contributed by atoms with Gasteiger partial charge < -0.3 is 10.6 Å². The van der Waals surface area contributed by atoms with Crippen molar-refractivity contribution in [2.24, 2.45) is 0 Å². The van der Waals surface area contributed by atoms with Crippen LogP contribution in [0, 0.1) is 18.3 Å². The van der Waals surface area contributed by atoms with Crippen molar-refractivity contribution in [2.45, 2.75) is 25.8 Å². The minimum absolute atomic E-state index is 0.407. The van der Waals surface area contributed by atoms with Gasteiger partial charge >= 0.3 is 0 Å². The molecule has 3 heterocycles. The van der Waals surface area contributed by atoms with Crippen molar-refractivity contribution >= 4 is 34.2 Å². The number of nitriles is 1. The second-order valence-corrected chi connectivity index (χ2v) is 7.87. The van der Waals surface area contributed by atoms with E-state index < -0.39 is 0 Å². The molecule has 138 valence electrons. The van der Waals surface area contributed by atoms with Crippen molar-refractivity contribution in [1.82, 2.24) is 19.6 Å². The van der Waals surface area contributed by atoms with Gasteiger partial charge in [-0.3, -0.25) is 0 Å². The van der Waals surface area contributed by atoms with Gasteiger partial charge in [-0.15, -0.1) is 16.4 Å². The second kappa shape index (κ2) is 6.62. The third kappa shape index (κ3) is 3.17. The molecular formula is C20H17N7S. The Balaban J connectivity index is 1.52. The van der Waals surface area contributed by atoms with E-state index in [1.165, 1.54) is 0 Å². The standard InChI is InChI=1S/C20H17N7S/c1-12-23-18(11-28-12)13-3-2-4-15(7-13)25-19-8-17(24-14-5-6-14)20-22-10-16(9-21)27(20)26-19/h2-4,7-8,10-11,14,24H,5-6H2,1H3,(H,25,26). The summed E-state index contributed by atoms with van der Waals surface area (Å²) in [5.41, 5.74) is 4.88. The summed E-state index contributed by atoms with van der Waals surface area (Å²) >= 11 is 1.64. The number of imidazole rings is 1. The van der Waals surface area contributed by atoms with Crippen molar-refractivity contribution in [3.8, 4) is 17.3 Å². The van der Waals surface area contributed by atoms with Gasteiger partial charge in [-0.2, -0.15) is 9.78 Å². The van der Waals surface area contributed by atoms with Gasteiger partial charge in [-0.1, -0.05) is 12.1 Å². The summed E-state index contributed by atoms with van der Waals surface area (Å²) in [4.78, 5) is 8.91. The molecule has 7 nitrogen and oxygen atoms in total. The first-order chi connectivity index (χ1) is 13.7. The van der Waals surface area contributed by atoms with Gasteiger partial charge in [0.1, 0.15) is 6.07 Å². The summed E-state index contributed by atoms with van der Waals surface area (Å²) < 4.78 is 1.58. The summed E-state index contributed by atoms with van der Waals surface area (Å²) in [5.74, 6) is 0.650. The van der Waals surface area contributed by atoms with E-state index in [1.807, 2.05) is 37.3 Å². The van der Waals surface area contributed by atoms with E-state index in [4.69, 9.17) is 0 Å². The number of aromatic nitrogens is 4. The maximum absolute atomic E-state index is 9.36. The highest BCUT2D eigenvalue weighted by Gasteiger charge is 2.23. The molecule has 1 fully saturated rings. The van der Waals surface area contributed by atoms with Crippen LogP contribution in [0.3, 0.4) is 0 Å². The average molecular weight is 387 g/mol. The second-order valence-electron chi connectivity index (χ2n) is 6.81.